The van der Waals surface area contributed by atoms with Gasteiger partial charge in [-0.2, -0.15) is 0 Å². The van der Waals surface area contributed by atoms with E-state index in [2.05, 4.69) is 6.92 Å². The number of amidine groups is 1. The lowest BCUT2D eigenvalue weighted by Crippen LogP contribution is -2.28. The second-order valence-corrected chi connectivity index (χ2v) is 9.35. The monoisotopic (exact) mass is 490 g/mol. The average molecular weight is 491 g/mol. The maximum absolute atomic E-state index is 13.5. The third kappa shape index (κ3) is 6.10. The largest absolute Gasteiger partial charge is 0.493 e. The van der Waals surface area contributed by atoms with Crippen LogP contribution in [0.1, 0.15) is 38.2 Å². The molecule has 6 heteroatoms. The fourth-order valence-corrected chi connectivity index (χ4v) is 4.75. The zero-order valence-electron chi connectivity index (χ0n) is 19.1. The summed E-state index contributed by atoms with van der Waals surface area (Å²) >= 11 is 7.64. The van der Waals surface area contributed by atoms with Crippen LogP contribution < -0.4 is 9.64 Å². The molecule has 4 nitrogen and oxygen atoms in total. The molecule has 1 fully saturated rings. The molecule has 0 N–H and O–H groups in total. The SMILES string of the molecule is CCCCCCOc1ccc(Cl)cc1/C=C1/SC(=Nc2ccccc2)N(c2ccccc2)C1=O. The van der Waals surface area contributed by atoms with Crippen LogP contribution in [-0.2, 0) is 4.79 Å². The van der Waals surface area contributed by atoms with E-state index >= 15 is 0 Å². The number of anilines is 1. The van der Waals surface area contributed by atoms with Crippen molar-refractivity contribution in [3.63, 3.8) is 0 Å². The second-order valence-electron chi connectivity index (χ2n) is 7.91. The minimum atomic E-state index is -0.125. The van der Waals surface area contributed by atoms with Gasteiger partial charge in [0, 0.05) is 10.6 Å². The van der Waals surface area contributed by atoms with E-state index in [4.69, 9.17) is 21.3 Å². The maximum atomic E-state index is 13.5. The summed E-state index contributed by atoms with van der Waals surface area (Å²) in [5.41, 5.74) is 2.35. The van der Waals surface area contributed by atoms with Crippen molar-refractivity contribution in [2.75, 3.05) is 11.5 Å². The van der Waals surface area contributed by atoms with E-state index in [9.17, 15) is 4.79 Å². The molecule has 1 saturated heterocycles. The van der Waals surface area contributed by atoms with E-state index in [-0.39, 0.29) is 5.91 Å². The van der Waals surface area contributed by atoms with Crippen LogP contribution in [-0.4, -0.2) is 17.7 Å². The molecule has 0 bridgehead atoms. The number of hydrogen-bond donors (Lipinski definition) is 0. The molecule has 0 spiro atoms. The first-order chi connectivity index (χ1) is 16.7. The molecule has 4 rings (SSSR count). The van der Waals surface area contributed by atoms with E-state index in [0.717, 1.165) is 35.5 Å². The summed E-state index contributed by atoms with van der Waals surface area (Å²) in [5.74, 6) is 0.598. The zero-order valence-corrected chi connectivity index (χ0v) is 20.7. The van der Waals surface area contributed by atoms with Crippen molar-refractivity contribution in [2.45, 2.75) is 32.6 Å². The van der Waals surface area contributed by atoms with E-state index in [1.54, 1.807) is 4.90 Å². The second kappa shape index (κ2) is 11.9. The number of carbonyl (C=O) groups excluding carboxylic acids is 1. The van der Waals surface area contributed by atoms with E-state index < -0.39 is 0 Å². The number of aliphatic imine (C=N–C) groups is 1. The summed E-state index contributed by atoms with van der Waals surface area (Å²) in [7, 11) is 0. The first-order valence-corrected chi connectivity index (χ1v) is 12.7. The Morgan fingerprint density at radius 3 is 2.44 bits per heavy atom. The molecule has 0 aliphatic carbocycles. The zero-order chi connectivity index (χ0) is 23.8. The minimum absolute atomic E-state index is 0.125. The Labute approximate surface area is 210 Å². The number of nitrogens with zero attached hydrogens (tertiary/aromatic N) is 2. The number of unbranched alkanes of at least 4 members (excludes halogenated alkanes) is 3. The highest BCUT2D eigenvalue weighted by molar-refractivity contribution is 8.19. The van der Waals surface area contributed by atoms with Crippen molar-refractivity contribution in [2.24, 2.45) is 4.99 Å². The predicted octanol–water partition coefficient (Wildman–Crippen LogP) is 8.11. The Bertz CT molecular complexity index is 1180. The van der Waals surface area contributed by atoms with E-state index in [1.807, 2.05) is 84.9 Å². The van der Waals surface area contributed by atoms with Gasteiger partial charge in [0.25, 0.3) is 5.91 Å². The highest BCUT2D eigenvalue weighted by Gasteiger charge is 2.34. The van der Waals surface area contributed by atoms with Gasteiger partial charge in [-0.3, -0.25) is 9.69 Å². The van der Waals surface area contributed by atoms with Crippen LogP contribution in [0, 0.1) is 0 Å². The van der Waals surface area contributed by atoms with Crippen molar-refractivity contribution in [1.29, 1.82) is 0 Å². The third-order valence-corrected chi connectivity index (χ3v) is 6.52. The highest BCUT2D eigenvalue weighted by Crippen LogP contribution is 2.38. The van der Waals surface area contributed by atoms with Crippen LogP contribution in [0.3, 0.4) is 0 Å². The number of ether oxygens (including phenoxy) is 1. The van der Waals surface area contributed by atoms with Crippen molar-refractivity contribution in [1.82, 2.24) is 0 Å². The maximum Gasteiger partial charge on any atom is 0.271 e. The molecule has 0 unspecified atom stereocenters. The molecule has 0 aromatic heterocycles. The summed E-state index contributed by atoms with van der Waals surface area (Å²) in [6.07, 6.45) is 6.37. The van der Waals surface area contributed by atoms with Crippen LogP contribution >= 0.6 is 23.4 Å². The molecular weight excluding hydrogens is 464 g/mol. The molecule has 0 saturated carbocycles. The van der Waals surface area contributed by atoms with Crippen molar-refractivity contribution in [3.05, 3.63) is 94.4 Å². The van der Waals surface area contributed by atoms with Crippen LogP contribution in [0.5, 0.6) is 5.75 Å². The molecule has 34 heavy (non-hydrogen) atoms. The molecule has 3 aromatic rings. The average Bonchev–Trinajstić information content (AvgIpc) is 3.15. The van der Waals surface area contributed by atoms with Gasteiger partial charge >= 0.3 is 0 Å². The molecule has 0 atom stereocenters. The Morgan fingerprint density at radius 2 is 1.71 bits per heavy atom. The van der Waals surface area contributed by atoms with Gasteiger partial charge in [0.05, 0.1) is 22.9 Å². The van der Waals surface area contributed by atoms with Crippen LogP contribution in [0.25, 0.3) is 6.08 Å². The van der Waals surface area contributed by atoms with Crippen LogP contribution in [0.15, 0.2) is 88.8 Å². The van der Waals surface area contributed by atoms with Gasteiger partial charge in [-0.1, -0.05) is 74.2 Å². The Balaban J connectivity index is 1.65. The van der Waals surface area contributed by atoms with Crippen molar-refractivity contribution < 1.29 is 9.53 Å². The van der Waals surface area contributed by atoms with Crippen molar-refractivity contribution >= 4 is 51.9 Å². The lowest BCUT2D eigenvalue weighted by molar-refractivity contribution is -0.113. The first kappa shape index (κ1) is 24.1. The predicted molar refractivity (Wildman–Crippen MR) is 144 cm³/mol. The lowest BCUT2D eigenvalue weighted by atomic mass is 10.1. The highest BCUT2D eigenvalue weighted by atomic mass is 35.5. The topological polar surface area (TPSA) is 41.9 Å². The lowest BCUT2D eigenvalue weighted by Gasteiger charge is -2.15. The fourth-order valence-electron chi connectivity index (χ4n) is 3.58. The summed E-state index contributed by atoms with van der Waals surface area (Å²) < 4.78 is 6.05. The van der Waals surface area contributed by atoms with Gasteiger partial charge in [-0.15, -0.1) is 0 Å². The molecule has 1 aliphatic rings. The summed E-state index contributed by atoms with van der Waals surface area (Å²) in [6.45, 7) is 2.82. The molecule has 174 valence electrons. The number of para-hydroxylation sites is 2. The first-order valence-electron chi connectivity index (χ1n) is 11.5. The number of carbonyl (C=O) groups is 1. The Hall–Kier alpha value is -3.02. The molecule has 1 aliphatic heterocycles. The molecule has 3 aromatic carbocycles. The molecule has 1 amide bonds. The Kier molecular flexibility index (Phi) is 8.45. The van der Waals surface area contributed by atoms with Gasteiger partial charge in [0.1, 0.15) is 5.75 Å². The van der Waals surface area contributed by atoms with Gasteiger partial charge < -0.3 is 4.74 Å². The van der Waals surface area contributed by atoms with Gasteiger partial charge in [-0.05, 0) is 66.7 Å². The quantitative estimate of drug-likeness (QED) is 0.224. The standard InChI is InChI=1S/C28H27ClN2O2S/c1-2-3-4-11-18-33-25-17-16-22(29)19-21(25)20-26-27(32)31(24-14-9-6-10-15-24)28(34-26)30-23-12-7-5-8-13-23/h5-10,12-17,19-20H,2-4,11,18H2,1H3/b26-20+,30-28?. The Morgan fingerprint density at radius 1 is 0.971 bits per heavy atom. The normalized spacial score (nSPS) is 15.9. The summed E-state index contributed by atoms with van der Waals surface area (Å²) in [4.78, 5) is 20.5. The smallest absolute Gasteiger partial charge is 0.271 e. The minimum Gasteiger partial charge on any atom is -0.493 e. The number of amides is 1. The molecular formula is C28H27ClN2O2S. The summed E-state index contributed by atoms with van der Waals surface area (Å²) in [6, 6.07) is 24.7. The number of thioether (sulfide) groups is 1. The van der Waals surface area contributed by atoms with Gasteiger partial charge in [0.15, 0.2) is 5.17 Å². The molecule has 1 heterocycles. The van der Waals surface area contributed by atoms with E-state index in [1.165, 1.54) is 24.6 Å². The van der Waals surface area contributed by atoms with Crippen LogP contribution in [0.4, 0.5) is 11.4 Å². The number of hydrogen-bond acceptors (Lipinski definition) is 4. The number of rotatable bonds is 9. The number of benzene rings is 3. The third-order valence-electron chi connectivity index (χ3n) is 5.32. The molecule has 0 radical (unpaired) electrons. The van der Waals surface area contributed by atoms with Crippen molar-refractivity contribution in [3.8, 4) is 5.75 Å². The van der Waals surface area contributed by atoms with Crippen LogP contribution in [0.2, 0.25) is 5.02 Å². The van der Waals surface area contributed by atoms with E-state index in [0.29, 0.717) is 21.7 Å². The van der Waals surface area contributed by atoms with Gasteiger partial charge in [-0.25, -0.2) is 4.99 Å². The fraction of sp³-hybridized carbons (Fsp3) is 0.214. The number of halogens is 1. The summed E-state index contributed by atoms with van der Waals surface area (Å²) in [5, 5.41) is 1.21. The van der Waals surface area contributed by atoms with Gasteiger partial charge in [0.2, 0.25) is 0 Å².